The Kier molecular flexibility index (Phi) is 10.0. The van der Waals surface area contributed by atoms with E-state index in [1.165, 1.54) is 0 Å². The van der Waals surface area contributed by atoms with Crippen molar-refractivity contribution in [3.05, 3.63) is 95.0 Å². The Hall–Kier alpha value is -3.55. The van der Waals surface area contributed by atoms with E-state index in [0.29, 0.717) is 36.1 Å². The van der Waals surface area contributed by atoms with Gasteiger partial charge in [-0.15, -0.1) is 0 Å². The molecule has 3 aromatic rings. The second-order valence-electron chi connectivity index (χ2n) is 9.17. The molecule has 0 spiro atoms. The predicted octanol–water partition coefficient (Wildman–Crippen LogP) is 4.66. The number of carbonyl (C=O) groups is 2. The Morgan fingerprint density at radius 1 is 1.03 bits per heavy atom. The number of ether oxygens (including phenoxy) is 3. The van der Waals surface area contributed by atoms with E-state index in [0.717, 1.165) is 24.0 Å². The number of hydrogen-bond donors (Lipinski definition) is 1. The van der Waals surface area contributed by atoms with Crippen LogP contribution < -0.4 is 14.8 Å². The van der Waals surface area contributed by atoms with Crippen LogP contribution in [0.1, 0.15) is 24.0 Å². The number of nitrogens with one attached hydrogen (secondary N) is 1. The van der Waals surface area contributed by atoms with E-state index in [1.54, 1.807) is 36.3 Å². The molecule has 4 rings (SSSR count). The second-order valence-corrected chi connectivity index (χ2v) is 9.58. The number of hydrogen-bond acceptors (Lipinski definition) is 5. The first-order valence-electron chi connectivity index (χ1n) is 12.8. The van der Waals surface area contributed by atoms with Crippen LogP contribution in [0.15, 0.2) is 78.9 Å². The average molecular weight is 537 g/mol. The largest absolute Gasteiger partial charge is 0.497 e. The number of rotatable bonds is 12. The van der Waals surface area contributed by atoms with Gasteiger partial charge in [-0.25, -0.2) is 0 Å². The zero-order valence-corrected chi connectivity index (χ0v) is 22.2. The van der Waals surface area contributed by atoms with Crippen molar-refractivity contribution in [2.75, 3.05) is 26.9 Å². The third-order valence-corrected chi connectivity index (χ3v) is 6.81. The van der Waals surface area contributed by atoms with Gasteiger partial charge in [0.1, 0.15) is 17.5 Å². The summed E-state index contributed by atoms with van der Waals surface area (Å²) < 4.78 is 16.7. The Bertz CT molecular complexity index is 1180. The molecule has 0 bridgehead atoms. The van der Waals surface area contributed by atoms with E-state index < -0.39 is 6.04 Å². The zero-order valence-electron chi connectivity index (χ0n) is 21.5. The third-order valence-electron chi connectivity index (χ3n) is 6.50. The van der Waals surface area contributed by atoms with E-state index in [2.05, 4.69) is 5.32 Å². The Morgan fingerprint density at radius 3 is 2.45 bits per heavy atom. The van der Waals surface area contributed by atoms with Crippen LogP contribution in [0.5, 0.6) is 11.5 Å². The smallest absolute Gasteiger partial charge is 0.261 e. The van der Waals surface area contributed by atoms with Crippen LogP contribution >= 0.6 is 11.6 Å². The van der Waals surface area contributed by atoms with Crippen molar-refractivity contribution in [1.29, 1.82) is 0 Å². The Morgan fingerprint density at radius 2 is 1.76 bits per heavy atom. The lowest BCUT2D eigenvalue weighted by Crippen LogP contribution is -2.52. The van der Waals surface area contributed by atoms with Crippen LogP contribution in [0.25, 0.3) is 0 Å². The lowest BCUT2D eigenvalue weighted by Gasteiger charge is -2.32. The highest BCUT2D eigenvalue weighted by Crippen LogP contribution is 2.24. The van der Waals surface area contributed by atoms with Gasteiger partial charge in [0, 0.05) is 26.1 Å². The van der Waals surface area contributed by atoms with Gasteiger partial charge in [-0.1, -0.05) is 66.2 Å². The van der Waals surface area contributed by atoms with Crippen LogP contribution in [-0.4, -0.2) is 55.7 Å². The van der Waals surface area contributed by atoms with Crippen molar-refractivity contribution in [2.45, 2.75) is 38.0 Å². The molecule has 1 saturated heterocycles. The van der Waals surface area contributed by atoms with Crippen LogP contribution in [0.2, 0.25) is 5.02 Å². The molecular weight excluding hydrogens is 504 g/mol. The van der Waals surface area contributed by atoms with E-state index in [1.807, 2.05) is 54.6 Å². The predicted molar refractivity (Wildman–Crippen MR) is 146 cm³/mol. The Balaban J connectivity index is 1.59. The van der Waals surface area contributed by atoms with E-state index in [9.17, 15) is 9.59 Å². The summed E-state index contributed by atoms with van der Waals surface area (Å²) in [4.78, 5) is 28.9. The number of amides is 2. The molecule has 8 heteroatoms. The normalized spacial score (nSPS) is 15.5. The summed E-state index contributed by atoms with van der Waals surface area (Å²) in [7, 11) is 1.60. The first-order valence-corrected chi connectivity index (χ1v) is 13.1. The standard InChI is InChI=1S/C30H33ClN2O5/c1-36-24-15-13-23(14-16-24)20-33(29(34)21-38-28-12-6-5-11-26(28)31)27(18-22-8-3-2-4-9-22)30(35)32-19-25-10-7-17-37-25/h2-6,8-9,11-16,25,27H,7,10,17-21H2,1H3,(H,32,35)/t25-,27-/m0/s1. The number of para-hydroxylation sites is 1. The minimum absolute atomic E-state index is 0.00868. The van der Waals surface area contributed by atoms with Gasteiger partial charge >= 0.3 is 0 Å². The van der Waals surface area contributed by atoms with Gasteiger partial charge in [0.05, 0.1) is 18.2 Å². The summed E-state index contributed by atoms with van der Waals surface area (Å²) >= 11 is 6.23. The molecule has 0 unspecified atom stereocenters. The molecular formula is C30H33ClN2O5. The van der Waals surface area contributed by atoms with Gasteiger partial charge in [0.2, 0.25) is 5.91 Å². The molecule has 2 atom stereocenters. The molecule has 200 valence electrons. The van der Waals surface area contributed by atoms with Crippen molar-refractivity contribution in [1.82, 2.24) is 10.2 Å². The second kappa shape index (κ2) is 13.8. The molecule has 0 saturated carbocycles. The number of benzene rings is 3. The van der Waals surface area contributed by atoms with Crippen molar-refractivity contribution >= 4 is 23.4 Å². The monoisotopic (exact) mass is 536 g/mol. The topological polar surface area (TPSA) is 77.1 Å². The molecule has 3 aromatic carbocycles. The third kappa shape index (κ3) is 7.73. The van der Waals surface area contributed by atoms with E-state index in [-0.39, 0.29) is 31.1 Å². The van der Waals surface area contributed by atoms with Gasteiger partial charge in [-0.3, -0.25) is 9.59 Å². The first-order chi connectivity index (χ1) is 18.5. The first kappa shape index (κ1) is 27.5. The number of carbonyl (C=O) groups excluding carboxylic acids is 2. The zero-order chi connectivity index (χ0) is 26.7. The Labute approximate surface area is 228 Å². The molecule has 38 heavy (non-hydrogen) atoms. The lowest BCUT2D eigenvalue weighted by molar-refractivity contribution is -0.143. The minimum Gasteiger partial charge on any atom is -0.497 e. The summed E-state index contributed by atoms with van der Waals surface area (Å²) in [5, 5.41) is 3.44. The van der Waals surface area contributed by atoms with Crippen LogP contribution in [0.4, 0.5) is 0 Å². The van der Waals surface area contributed by atoms with Gasteiger partial charge in [-0.05, 0) is 48.2 Å². The maximum absolute atomic E-state index is 13.7. The van der Waals surface area contributed by atoms with E-state index in [4.69, 9.17) is 25.8 Å². The van der Waals surface area contributed by atoms with Gasteiger partial charge in [-0.2, -0.15) is 0 Å². The quantitative estimate of drug-likeness (QED) is 0.364. The molecule has 0 radical (unpaired) electrons. The van der Waals surface area contributed by atoms with Gasteiger partial charge in [0.15, 0.2) is 6.61 Å². The van der Waals surface area contributed by atoms with Crippen LogP contribution in [0.3, 0.4) is 0 Å². The fourth-order valence-corrected chi connectivity index (χ4v) is 4.59. The maximum atomic E-state index is 13.7. The summed E-state index contributed by atoms with van der Waals surface area (Å²) in [6, 6.07) is 23.4. The van der Waals surface area contributed by atoms with Crippen LogP contribution in [-0.2, 0) is 27.3 Å². The van der Waals surface area contributed by atoms with Crippen molar-refractivity contribution in [2.24, 2.45) is 0 Å². The molecule has 0 aliphatic carbocycles. The lowest BCUT2D eigenvalue weighted by atomic mass is 10.0. The summed E-state index contributed by atoms with van der Waals surface area (Å²) in [5.74, 6) is 0.566. The molecule has 7 nitrogen and oxygen atoms in total. The highest BCUT2D eigenvalue weighted by atomic mass is 35.5. The summed E-state index contributed by atoms with van der Waals surface area (Å²) in [5.41, 5.74) is 1.81. The van der Waals surface area contributed by atoms with Gasteiger partial charge < -0.3 is 24.4 Å². The molecule has 1 N–H and O–H groups in total. The van der Waals surface area contributed by atoms with Crippen LogP contribution in [0, 0.1) is 0 Å². The molecule has 0 aromatic heterocycles. The van der Waals surface area contributed by atoms with Crippen molar-refractivity contribution in [3.63, 3.8) is 0 Å². The van der Waals surface area contributed by atoms with Crippen molar-refractivity contribution in [3.8, 4) is 11.5 Å². The maximum Gasteiger partial charge on any atom is 0.261 e. The SMILES string of the molecule is COc1ccc(CN(C(=O)COc2ccccc2Cl)[C@@H](Cc2ccccc2)C(=O)NC[C@@H]2CCCO2)cc1. The molecule has 1 heterocycles. The fraction of sp³-hybridized carbons (Fsp3) is 0.333. The van der Waals surface area contributed by atoms with E-state index >= 15 is 0 Å². The van der Waals surface area contributed by atoms with Gasteiger partial charge in [0.25, 0.3) is 5.91 Å². The average Bonchev–Trinajstić information content (AvgIpc) is 3.48. The number of nitrogens with zero attached hydrogens (tertiary/aromatic N) is 1. The number of halogens is 1. The molecule has 1 aliphatic heterocycles. The highest BCUT2D eigenvalue weighted by molar-refractivity contribution is 6.32. The summed E-state index contributed by atoms with van der Waals surface area (Å²) in [6.45, 7) is 1.07. The fourth-order valence-electron chi connectivity index (χ4n) is 4.40. The number of methoxy groups -OCH3 is 1. The highest BCUT2D eigenvalue weighted by Gasteiger charge is 2.31. The van der Waals surface area contributed by atoms with Crippen molar-refractivity contribution < 1.29 is 23.8 Å². The minimum atomic E-state index is -0.761. The molecule has 2 amide bonds. The molecule has 1 fully saturated rings. The summed E-state index contributed by atoms with van der Waals surface area (Å²) in [6.07, 6.45) is 2.23. The molecule has 1 aliphatic rings.